The lowest BCUT2D eigenvalue weighted by Crippen LogP contribution is -2.20. The Bertz CT molecular complexity index is 894. The van der Waals surface area contributed by atoms with Gasteiger partial charge in [0.25, 0.3) is 5.91 Å². The zero-order chi connectivity index (χ0) is 18.5. The van der Waals surface area contributed by atoms with Crippen molar-refractivity contribution in [2.45, 2.75) is 13.8 Å². The van der Waals surface area contributed by atoms with Gasteiger partial charge in [-0.2, -0.15) is 0 Å². The molecule has 1 N–H and O–H groups in total. The van der Waals surface area contributed by atoms with Crippen LogP contribution in [0.3, 0.4) is 0 Å². The van der Waals surface area contributed by atoms with Crippen molar-refractivity contribution >= 4 is 23.2 Å². The monoisotopic (exact) mass is 350 g/mol. The zero-order valence-electron chi connectivity index (χ0n) is 14.6. The minimum absolute atomic E-state index is 0.332. The van der Waals surface area contributed by atoms with E-state index in [1.807, 2.05) is 36.9 Å². The van der Waals surface area contributed by atoms with E-state index in [1.54, 1.807) is 0 Å². The number of hydrogen-bond donors (Lipinski definition) is 1. The molecule has 3 aromatic rings. The van der Waals surface area contributed by atoms with Crippen molar-refractivity contribution < 1.29 is 9.18 Å². The molecule has 26 heavy (non-hydrogen) atoms. The second-order valence-corrected chi connectivity index (χ2v) is 5.82. The largest absolute Gasteiger partial charge is 0.322 e. The average molecular weight is 350 g/mol. The van der Waals surface area contributed by atoms with Gasteiger partial charge in [-0.25, -0.2) is 14.4 Å². The summed E-state index contributed by atoms with van der Waals surface area (Å²) in [6.07, 6.45) is 2.97. The van der Waals surface area contributed by atoms with Crippen LogP contribution in [-0.4, -0.2) is 22.4 Å². The van der Waals surface area contributed by atoms with E-state index in [-0.39, 0.29) is 11.7 Å². The summed E-state index contributed by atoms with van der Waals surface area (Å²) in [6, 6.07) is 13.6. The van der Waals surface area contributed by atoms with E-state index in [0.717, 1.165) is 11.3 Å². The molecule has 1 aromatic heterocycles. The highest BCUT2D eigenvalue weighted by atomic mass is 19.1. The number of carbonyl (C=O) groups is 1. The third kappa shape index (κ3) is 4.03. The maximum absolute atomic E-state index is 12.9. The first-order chi connectivity index (χ1) is 12.6. The van der Waals surface area contributed by atoms with E-state index >= 15 is 0 Å². The number of hydrogen-bond acceptors (Lipinski definition) is 4. The summed E-state index contributed by atoms with van der Waals surface area (Å²) in [5.41, 5.74) is 2.99. The fraction of sp³-hybridized carbons (Fsp3) is 0.150. The molecular formula is C20H19FN4O. The highest BCUT2D eigenvalue weighted by Gasteiger charge is 2.13. The fourth-order valence-corrected chi connectivity index (χ4v) is 2.55. The minimum atomic E-state index is -0.355. The molecule has 0 unspecified atom stereocenters. The van der Waals surface area contributed by atoms with Gasteiger partial charge in [0.05, 0.1) is 5.56 Å². The molecule has 5 nitrogen and oxygen atoms in total. The van der Waals surface area contributed by atoms with E-state index in [9.17, 15) is 9.18 Å². The molecule has 3 rings (SSSR count). The molecule has 0 atom stereocenters. The molecule has 2 aromatic carbocycles. The number of aryl methyl sites for hydroxylation is 1. The van der Waals surface area contributed by atoms with Crippen LogP contribution in [0.4, 0.5) is 21.7 Å². The van der Waals surface area contributed by atoms with Crippen molar-refractivity contribution in [3.8, 4) is 0 Å². The van der Waals surface area contributed by atoms with Crippen molar-refractivity contribution in [2.75, 3.05) is 16.8 Å². The molecule has 0 aliphatic rings. The van der Waals surface area contributed by atoms with E-state index in [0.29, 0.717) is 23.7 Å². The van der Waals surface area contributed by atoms with Crippen LogP contribution in [0.1, 0.15) is 22.8 Å². The minimum Gasteiger partial charge on any atom is -0.322 e. The molecule has 6 heteroatoms. The van der Waals surface area contributed by atoms with Crippen LogP contribution in [0.5, 0.6) is 0 Å². The third-order valence-corrected chi connectivity index (χ3v) is 3.87. The van der Waals surface area contributed by atoms with Gasteiger partial charge >= 0.3 is 0 Å². The van der Waals surface area contributed by atoms with E-state index in [1.165, 1.54) is 36.7 Å². The van der Waals surface area contributed by atoms with Crippen molar-refractivity contribution in [3.05, 3.63) is 77.9 Å². The maximum Gasteiger partial charge on any atom is 0.258 e. The summed E-state index contributed by atoms with van der Waals surface area (Å²) in [6.45, 7) is 4.74. The van der Waals surface area contributed by atoms with Gasteiger partial charge in [-0.05, 0) is 55.8 Å². The second kappa shape index (κ2) is 7.74. The number of halogens is 1. The molecule has 0 radical (unpaired) electrons. The predicted molar refractivity (Wildman–Crippen MR) is 100 cm³/mol. The first-order valence-corrected chi connectivity index (χ1v) is 8.30. The Kier molecular flexibility index (Phi) is 5.22. The number of anilines is 3. The maximum atomic E-state index is 12.9. The highest BCUT2D eigenvalue weighted by Crippen LogP contribution is 2.22. The van der Waals surface area contributed by atoms with Gasteiger partial charge in [0.1, 0.15) is 5.82 Å². The summed E-state index contributed by atoms with van der Waals surface area (Å²) in [4.78, 5) is 22.9. The molecule has 0 aliphatic carbocycles. The van der Waals surface area contributed by atoms with Crippen LogP contribution in [0.15, 0.2) is 60.9 Å². The Labute approximate surface area is 151 Å². The summed E-state index contributed by atoms with van der Waals surface area (Å²) in [5, 5.41) is 2.69. The lowest BCUT2D eigenvalue weighted by molar-refractivity contribution is 0.102. The van der Waals surface area contributed by atoms with E-state index in [2.05, 4.69) is 21.4 Å². The molecule has 0 saturated heterocycles. The molecule has 0 bridgehead atoms. The van der Waals surface area contributed by atoms with Gasteiger partial charge in [-0.15, -0.1) is 0 Å². The summed E-state index contributed by atoms with van der Waals surface area (Å²) in [5.74, 6) is -0.176. The van der Waals surface area contributed by atoms with Crippen molar-refractivity contribution in [1.29, 1.82) is 0 Å². The molecule has 0 spiro atoms. The van der Waals surface area contributed by atoms with Crippen LogP contribution in [0.2, 0.25) is 0 Å². The summed E-state index contributed by atoms with van der Waals surface area (Å²) >= 11 is 0. The number of rotatable bonds is 5. The number of benzene rings is 2. The quantitative estimate of drug-likeness (QED) is 0.744. The Hall–Kier alpha value is -3.28. The van der Waals surface area contributed by atoms with Gasteiger partial charge in [0, 0.05) is 30.3 Å². The van der Waals surface area contributed by atoms with Crippen molar-refractivity contribution in [2.24, 2.45) is 0 Å². The molecule has 132 valence electrons. The van der Waals surface area contributed by atoms with Gasteiger partial charge in [-0.3, -0.25) is 4.79 Å². The average Bonchev–Trinajstić information content (AvgIpc) is 2.65. The number of carbonyl (C=O) groups excluding carboxylic acids is 1. The highest BCUT2D eigenvalue weighted by molar-refractivity contribution is 6.03. The molecule has 0 aliphatic heterocycles. The Balaban J connectivity index is 1.76. The third-order valence-electron chi connectivity index (χ3n) is 3.87. The van der Waals surface area contributed by atoms with Gasteiger partial charge in [0.2, 0.25) is 5.95 Å². The first-order valence-electron chi connectivity index (χ1n) is 8.30. The van der Waals surface area contributed by atoms with Gasteiger partial charge in [0.15, 0.2) is 0 Å². The molecule has 1 heterocycles. The molecule has 0 fully saturated rings. The Morgan fingerprint density at radius 3 is 2.42 bits per heavy atom. The standard InChI is InChI=1S/C20H19FN4O/c1-3-25(18-6-4-5-14(2)11-18)20-22-12-15(13-23-20)19(26)24-17-9-7-16(21)8-10-17/h4-13H,3H2,1-2H3,(H,24,26). The number of nitrogens with zero attached hydrogens (tertiary/aromatic N) is 3. The zero-order valence-corrected chi connectivity index (χ0v) is 14.6. The number of aromatic nitrogens is 2. The lowest BCUT2D eigenvalue weighted by atomic mass is 10.2. The van der Waals surface area contributed by atoms with Crippen LogP contribution in [0, 0.1) is 12.7 Å². The van der Waals surface area contributed by atoms with Crippen LogP contribution >= 0.6 is 0 Å². The molecule has 0 saturated carbocycles. The van der Waals surface area contributed by atoms with Gasteiger partial charge < -0.3 is 10.2 Å². The number of amides is 1. The van der Waals surface area contributed by atoms with E-state index < -0.39 is 0 Å². The first kappa shape index (κ1) is 17.5. The van der Waals surface area contributed by atoms with Gasteiger partial charge in [-0.1, -0.05) is 12.1 Å². The second-order valence-electron chi connectivity index (χ2n) is 5.82. The van der Waals surface area contributed by atoms with Crippen LogP contribution in [-0.2, 0) is 0 Å². The number of nitrogens with one attached hydrogen (secondary N) is 1. The summed E-state index contributed by atoms with van der Waals surface area (Å²) < 4.78 is 12.9. The lowest BCUT2D eigenvalue weighted by Gasteiger charge is -2.21. The molecule has 1 amide bonds. The van der Waals surface area contributed by atoms with Crippen molar-refractivity contribution in [1.82, 2.24) is 9.97 Å². The SMILES string of the molecule is CCN(c1cccc(C)c1)c1ncc(C(=O)Nc2ccc(F)cc2)cn1. The smallest absolute Gasteiger partial charge is 0.258 e. The van der Waals surface area contributed by atoms with Crippen molar-refractivity contribution in [3.63, 3.8) is 0 Å². The van der Waals surface area contributed by atoms with Crippen LogP contribution < -0.4 is 10.2 Å². The predicted octanol–water partition coefficient (Wildman–Crippen LogP) is 4.33. The Morgan fingerprint density at radius 1 is 1.12 bits per heavy atom. The normalized spacial score (nSPS) is 10.4. The fourth-order valence-electron chi connectivity index (χ4n) is 2.55. The summed E-state index contributed by atoms with van der Waals surface area (Å²) in [7, 11) is 0. The topological polar surface area (TPSA) is 58.1 Å². The molecular weight excluding hydrogens is 331 g/mol. The van der Waals surface area contributed by atoms with Crippen LogP contribution in [0.25, 0.3) is 0 Å². The van der Waals surface area contributed by atoms with E-state index in [4.69, 9.17) is 0 Å². The Morgan fingerprint density at radius 2 is 1.81 bits per heavy atom.